The number of nitrogens with zero attached hydrogens (tertiary/aromatic N) is 2. The molecule has 0 bridgehead atoms. The minimum atomic E-state index is -0.382. The van der Waals surface area contributed by atoms with Crippen molar-refractivity contribution in [1.29, 1.82) is 0 Å². The third-order valence-electron chi connectivity index (χ3n) is 2.17. The van der Waals surface area contributed by atoms with Crippen molar-refractivity contribution in [3.8, 4) is 0 Å². The van der Waals surface area contributed by atoms with Crippen LogP contribution < -0.4 is 10.6 Å². The van der Waals surface area contributed by atoms with Gasteiger partial charge in [-0.25, -0.2) is 0 Å². The fourth-order valence-corrected chi connectivity index (χ4v) is 1.50. The topological polar surface area (TPSA) is 80.0 Å². The Labute approximate surface area is 108 Å². The molecule has 0 fully saturated rings. The standard InChI is InChI=1S/C11H11ClN4O2/c1-13-11(17)10-15-9(18-16-10)6-14-8-4-2-3-7(12)5-8/h2-5,14H,6H2,1H3,(H,13,17). The Balaban J connectivity index is 1.98. The number of carbonyl (C=O) groups is 1. The van der Waals surface area contributed by atoms with Gasteiger partial charge in [0.1, 0.15) is 0 Å². The molecule has 1 aromatic heterocycles. The third kappa shape index (κ3) is 2.98. The highest BCUT2D eigenvalue weighted by atomic mass is 35.5. The molecule has 0 saturated heterocycles. The summed E-state index contributed by atoms with van der Waals surface area (Å²) < 4.78 is 4.92. The van der Waals surface area contributed by atoms with Crippen LogP contribution in [-0.2, 0) is 6.54 Å². The number of benzene rings is 1. The lowest BCUT2D eigenvalue weighted by Crippen LogP contribution is -2.19. The van der Waals surface area contributed by atoms with Crippen LogP contribution in [-0.4, -0.2) is 23.1 Å². The van der Waals surface area contributed by atoms with Crippen LogP contribution in [0.25, 0.3) is 0 Å². The molecule has 0 saturated carbocycles. The van der Waals surface area contributed by atoms with Crippen molar-refractivity contribution >= 4 is 23.2 Å². The van der Waals surface area contributed by atoms with E-state index in [9.17, 15) is 4.79 Å². The number of halogens is 1. The van der Waals surface area contributed by atoms with Gasteiger partial charge in [0.25, 0.3) is 11.7 Å². The first-order valence-electron chi connectivity index (χ1n) is 5.23. The summed E-state index contributed by atoms with van der Waals surface area (Å²) in [7, 11) is 1.50. The van der Waals surface area contributed by atoms with Crippen LogP contribution in [0.4, 0.5) is 5.69 Å². The Kier molecular flexibility index (Phi) is 3.78. The lowest BCUT2D eigenvalue weighted by Gasteiger charge is -2.02. The molecule has 0 aliphatic carbocycles. The van der Waals surface area contributed by atoms with E-state index in [1.165, 1.54) is 7.05 Å². The van der Waals surface area contributed by atoms with Gasteiger partial charge < -0.3 is 15.2 Å². The normalized spacial score (nSPS) is 10.1. The SMILES string of the molecule is CNC(=O)c1noc(CNc2cccc(Cl)c2)n1. The Morgan fingerprint density at radius 2 is 2.33 bits per heavy atom. The van der Waals surface area contributed by atoms with Crippen molar-refractivity contribution in [2.75, 3.05) is 12.4 Å². The first-order chi connectivity index (χ1) is 8.69. The van der Waals surface area contributed by atoms with Crippen molar-refractivity contribution in [3.05, 3.63) is 41.0 Å². The molecule has 18 heavy (non-hydrogen) atoms. The van der Waals surface area contributed by atoms with E-state index in [2.05, 4.69) is 20.8 Å². The Bertz CT molecular complexity index is 555. The predicted molar refractivity (Wildman–Crippen MR) is 66.5 cm³/mol. The number of rotatable bonds is 4. The zero-order valence-corrected chi connectivity index (χ0v) is 10.4. The van der Waals surface area contributed by atoms with Crippen LogP contribution in [0.3, 0.4) is 0 Å². The van der Waals surface area contributed by atoms with Crippen LogP contribution in [0.1, 0.15) is 16.5 Å². The molecule has 0 radical (unpaired) electrons. The van der Waals surface area contributed by atoms with Gasteiger partial charge in [0.2, 0.25) is 5.89 Å². The molecule has 7 heteroatoms. The summed E-state index contributed by atoms with van der Waals surface area (Å²) >= 11 is 5.85. The number of nitrogens with one attached hydrogen (secondary N) is 2. The van der Waals surface area contributed by atoms with Crippen molar-refractivity contribution < 1.29 is 9.32 Å². The van der Waals surface area contributed by atoms with Crippen molar-refractivity contribution in [3.63, 3.8) is 0 Å². The Morgan fingerprint density at radius 1 is 1.50 bits per heavy atom. The van der Waals surface area contributed by atoms with E-state index in [1.807, 2.05) is 12.1 Å². The molecule has 0 spiro atoms. The summed E-state index contributed by atoms with van der Waals surface area (Å²) in [4.78, 5) is 15.1. The summed E-state index contributed by atoms with van der Waals surface area (Å²) in [5, 5.41) is 9.66. The summed E-state index contributed by atoms with van der Waals surface area (Å²) in [5.74, 6) is -0.0401. The lowest BCUT2D eigenvalue weighted by molar-refractivity contribution is 0.0950. The molecule has 0 unspecified atom stereocenters. The number of carbonyl (C=O) groups excluding carboxylic acids is 1. The molecule has 0 aliphatic rings. The van der Waals surface area contributed by atoms with Gasteiger partial charge in [0.15, 0.2) is 0 Å². The van der Waals surface area contributed by atoms with E-state index in [4.69, 9.17) is 16.1 Å². The van der Waals surface area contributed by atoms with Gasteiger partial charge in [0, 0.05) is 17.8 Å². The van der Waals surface area contributed by atoms with E-state index in [-0.39, 0.29) is 11.7 Å². The molecular weight excluding hydrogens is 256 g/mol. The highest BCUT2D eigenvalue weighted by Crippen LogP contribution is 2.15. The van der Waals surface area contributed by atoms with Gasteiger partial charge in [-0.3, -0.25) is 4.79 Å². The van der Waals surface area contributed by atoms with Crippen LogP contribution in [0.15, 0.2) is 28.8 Å². The summed E-state index contributed by atoms with van der Waals surface area (Å²) in [6.07, 6.45) is 0. The average molecular weight is 267 g/mol. The minimum absolute atomic E-state index is 0.0143. The highest BCUT2D eigenvalue weighted by molar-refractivity contribution is 6.30. The number of anilines is 1. The number of amides is 1. The largest absolute Gasteiger partial charge is 0.376 e. The molecule has 2 N–H and O–H groups in total. The minimum Gasteiger partial charge on any atom is -0.376 e. The molecule has 0 aliphatic heterocycles. The Morgan fingerprint density at radius 3 is 3.06 bits per heavy atom. The van der Waals surface area contributed by atoms with Crippen molar-refractivity contribution in [2.45, 2.75) is 6.54 Å². The second kappa shape index (κ2) is 5.50. The van der Waals surface area contributed by atoms with E-state index >= 15 is 0 Å². The molecule has 2 aromatic rings. The smallest absolute Gasteiger partial charge is 0.292 e. The number of hydrogen-bond donors (Lipinski definition) is 2. The quantitative estimate of drug-likeness (QED) is 0.880. The van der Waals surface area contributed by atoms with Crippen molar-refractivity contribution in [1.82, 2.24) is 15.5 Å². The van der Waals surface area contributed by atoms with Crippen LogP contribution in [0.2, 0.25) is 5.02 Å². The fourth-order valence-electron chi connectivity index (χ4n) is 1.31. The van der Waals surface area contributed by atoms with E-state index in [0.717, 1.165) is 5.69 Å². The molecule has 1 heterocycles. The van der Waals surface area contributed by atoms with Crippen LogP contribution in [0.5, 0.6) is 0 Å². The Hall–Kier alpha value is -2.08. The summed E-state index contributed by atoms with van der Waals surface area (Å²) in [6, 6.07) is 7.25. The first kappa shape index (κ1) is 12.4. The third-order valence-corrected chi connectivity index (χ3v) is 2.40. The van der Waals surface area contributed by atoms with Gasteiger partial charge >= 0.3 is 0 Å². The van der Waals surface area contributed by atoms with Gasteiger partial charge in [0.05, 0.1) is 6.54 Å². The number of hydrogen-bond acceptors (Lipinski definition) is 5. The van der Waals surface area contributed by atoms with Gasteiger partial charge in [-0.1, -0.05) is 22.8 Å². The fraction of sp³-hybridized carbons (Fsp3) is 0.182. The van der Waals surface area contributed by atoms with E-state index < -0.39 is 0 Å². The monoisotopic (exact) mass is 266 g/mol. The zero-order valence-electron chi connectivity index (χ0n) is 9.61. The summed E-state index contributed by atoms with van der Waals surface area (Å²) in [5.41, 5.74) is 0.835. The van der Waals surface area contributed by atoms with Crippen LogP contribution in [0, 0.1) is 0 Å². The van der Waals surface area contributed by atoms with E-state index in [1.54, 1.807) is 12.1 Å². The molecule has 2 rings (SSSR count). The zero-order chi connectivity index (χ0) is 13.0. The maximum Gasteiger partial charge on any atom is 0.292 e. The van der Waals surface area contributed by atoms with Gasteiger partial charge in [-0.15, -0.1) is 0 Å². The first-order valence-corrected chi connectivity index (χ1v) is 5.61. The van der Waals surface area contributed by atoms with Crippen LogP contribution >= 0.6 is 11.6 Å². The number of aromatic nitrogens is 2. The molecule has 94 valence electrons. The van der Waals surface area contributed by atoms with Crippen molar-refractivity contribution in [2.24, 2.45) is 0 Å². The van der Waals surface area contributed by atoms with E-state index in [0.29, 0.717) is 17.5 Å². The van der Waals surface area contributed by atoms with Gasteiger partial charge in [-0.2, -0.15) is 4.98 Å². The lowest BCUT2D eigenvalue weighted by atomic mass is 10.3. The predicted octanol–water partition coefficient (Wildman–Crippen LogP) is 1.69. The highest BCUT2D eigenvalue weighted by Gasteiger charge is 2.12. The van der Waals surface area contributed by atoms with Gasteiger partial charge in [-0.05, 0) is 18.2 Å². The summed E-state index contributed by atoms with van der Waals surface area (Å²) in [6.45, 7) is 0.324. The average Bonchev–Trinajstić information content (AvgIpc) is 2.84. The molecule has 1 aromatic carbocycles. The maximum absolute atomic E-state index is 11.2. The maximum atomic E-state index is 11.2. The molecule has 1 amide bonds. The second-order valence-electron chi connectivity index (χ2n) is 3.45. The molecule has 0 atom stereocenters. The molecular formula is C11H11ClN4O2. The second-order valence-corrected chi connectivity index (χ2v) is 3.89. The molecule has 6 nitrogen and oxygen atoms in total.